The lowest BCUT2D eigenvalue weighted by atomic mass is 10.1. The van der Waals surface area contributed by atoms with Gasteiger partial charge >= 0.3 is 0 Å². The lowest BCUT2D eigenvalue weighted by molar-refractivity contribution is 0.979. The highest BCUT2D eigenvalue weighted by molar-refractivity contribution is 6.19. The molecule has 0 radical (unpaired) electrons. The van der Waals surface area contributed by atoms with E-state index in [-0.39, 0.29) is 0 Å². The summed E-state index contributed by atoms with van der Waals surface area (Å²) >= 11 is 0. The van der Waals surface area contributed by atoms with E-state index in [4.69, 9.17) is 9.97 Å². The summed E-state index contributed by atoms with van der Waals surface area (Å²) in [6, 6.07) is 54.1. The zero-order chi connectivity index (χ0) is 30.6. The Balaban J connectivity index is 1.28. The maximum atomic E-state index is 5.34. The molecule has 5 heteroatoms. The molecule has 0 unspecified atom stereocenters. The predicted octanol–water partition coefficient (Wildman–Crippen LogP) is 10.4. The first-order valence-corrected chi connectivity index (χ1v) is 15.9. The molecule has 0 aliphatic rings. The topological polar surface area (TPSA) is 40.0 Å². The average molecular weight is 600 g/mol. The van der Waals surface area contributed by atoms with Crippen molar-refractivity contribution in [1.82, 2.24) is 23.5 Å². The molecule has 11 rings (SSSR count). The van der Waals surface area contributed by atoms with Gasteiger partial charge in [-0.1, -0.05) is 97.1 Å². The van der Waals surface area contributed by atoms with Crippen LogP contribution in [0.1, 0.15) is 0 Å². The summed E-state index contributed by atoms with van der Waals surface area (Å²) in [5, 5.41) is 8.40. The first kappa shape index (κ1) is 24.8. The lowest BCUT2D eigenvalue weighted by Crippen LogP contribution is -2.06. The summed E-state index contributed by atoms with van der Waals surface area (Å²) in [6.07, 6.45) is 0. The van der Waals surface area contributed by atoms with Gasteiger partial charge < -0.3 is 4.57 Å². The summed E-state index contributed by atoms with van der Waals surface area (Å²) in [6.45, 7) is 0. The van der Waals surface area contributed by atoms with Gasteiger partial charge in [0.1, 0.15) is 5.65 Å². The van der Waals surface area contributed by atoms with Crippen LogP contribution in [0.5, 0.6) is 0 Å². The molecule has 0 N–H and O–H groups in total. The summed E-state index contributed by atoms with van der Waals surface area (Å²) in [4.78, 5) is 10.4. The molecule has 0 spiro atoms. The highest BCUT2D eigenvalue weighted by Gasteiger charge is 2.21. The highest BCUT2D eigenvalue weighted by Crippen LogP contribution is 2.39. The molecular formula is C42H25N5. The highest BCUT2D eigenvalue weighted by atomic mass is 15.2. The smallest absolute Gasteiger partial charge is 0.221 e. The van der Waals surface area contributed by atoms with Crippen molar-refractivity contribution in [3.05, 3.63) is 152 Å². The van der Waals surface area contributed by atoms with E-state index in [1.165, 1.54) is 43.4 Å². The molecule has 47 heavy (non-hydrogen) atoms. The molecular weight excluding hydrogens is 574 g/mol. The van der Waals surface area contributed by atoms with Crippen LogP contribution >= 0.6 is 0 Å². The van der Waals surface area contributed by atoms with E-state index in [1.807, 2.05) is 12.1 Å². The van der Waals surface area contributed by atoms with Crippen molar-refractivity contribution in [3.63, 3.8) is 0 Å². The van der Waals surface area contributed by atoms with Crippen LogP contribution in [0, 0.1) is 0 Å². The Bertz CT molecular complexity index is 3080. The summed E-state index contributed by atoms with van der Waals surface area (Å²) in [5.74, 6) is 0.828. The third-order valence-corrected chi connectivity index (χ3v) is 9.80. The second-order valence-electron chi connectivity index (χ2n) is 12.3. The number of rotatable bonds is 2. The van der Waals surface area contributed by atoms with Crippen molar-refractivity contribution in [2.45, 2.75) is 0 Å². The molecule has 0 fully saturated rings. The molecule has 0 amide bonds. The van der Waals surface area contributed by atoms with E-state index in [0.29, 0.717) is 0 Å². The van der Waals surface area contributed by atoms with Gasteiger partial charge in [-0.05, 0) is 60.0 Å². The fourth-order valence-corrected chi connectivity index (χ4v) is 7.79. The van der Waals surface area contributed by atoms with E-state index in [0.717, 1.165) is 50.3 Å². The van der Waals surface area contributed by atoms with Crippen molar-refractivity contribution < 1.29 is 0 Å². The second-order valence-corrected chi connectivity index (χ2v) is 12.3. The van der Waals surface area contributed by atoms with Crippen molar-refractivity contribution in [2.75, 3.05) is 0 Å². The van der Waals surface area contributed by atoms with Crippen molar-refractivity contribution in [1.29, 1.82) is 0 Å². The minimum atomic E-state index is 0.828. The number of aromatic nitrogens is 5. The van der Waals surface area contributed by atoms with E-state index >= 15 is 0 Å². The number of hydrogen-bond acceptors (Lipinski definition) is 2. The fraction of sp³-hybridized carbons (Fsp3) is 0. The SMILES string of the molecule is c1ccc2c(c1)ccc1c3ccccc3n(-c3ccc4c(c3)c3ccccc3n4-c3nc4ccccc4c4nc5ccccc5n34)c21. The minimum absolute atomic E-state index is 0.828. The van der Waals surface area contributed by atoms with Gasteiger partial charge in [-0.3, -0.25) is 8.97 Å². The monoisotopic (exact) mass is 599 g/mol. The van der Waals surface area contributed by atoms with Crippen LogP contribution in [0.3, 0.4) is 0 Å². The lowest BCUT2D eigenvalue weighted by Gasteiger charge is -2.13. The fourth-order valence-electron chi connectivity index (χ4n) is 7.79. The molecule has 0 bridgehead atoms. The summed E-state index contributed by atoms with van der Waals surface area (Å²) in [5.41, 5.74) is 9.59. The first-order valence-electron chi connectivity index (χ1n) is 15.9. The quantitative estimate of drug-likeness (QED) is 0.198. The van der Waals surface area contributed by atoms with Gasteiger partial charge in [-0.25, -0.2) is 9.97 Å². The van der Waals surface area contributed by atoms with Gasteiger partial charge in [0.05, 0.1) is 38.6 Å². The molecule has 4 aromatic heterocycles. The van der Waals surface area contributed by atoms with Crippen LogP contribution in [0.15, 0.2) is 152 Å². The molecule has 0 atom stereocenters. The van der Waals surface area contributed by atoms with Gasteiger partial charge in [-0.15, -0.1) is 0 Å². The van der Waals surface area contributed by atoms with Gasteiger partial charge in [0.2, 0.25) is 5.95 Å². The molecule has 11 aromatic rings. The normalized spacial score (nSPS) is 12.3. The van der Waals surface area contributed by atoms with E-state index < -0.39 is 0 Å². The Labute approximate surface area is 268 Å². The predicted molar refractivity (Wildman–Crippen MR) is 194 cm³/mol. The zero-order valence-corrected chi connectivity index (χ0v) is 25.2. The Hall–Kier alpha value is -6.46. The Morgan fingerprint density at radius 3 is 1.83 bits per heavy atom. The summed E-state index contributed by atoms with van der Waals surface area (Å²) < 4.78 is 6.97. The molecule has 0 saturated carbocycles. The van der Waals surface area contributed by atoms with E-state index in [9.17, 15) is 0 Å². The van der Waals surface area contributed by atoms with Crippen molar-refractivity contribution in [2.24, 2.45) is 0 Å². The van der Waals surface area contributed by atoms with E-state index in [1.54, 1.807) is 0 Å². The Kier molecular flexibility index (Phi) is 4.78. The molecule has 0 aliphatic carbocycles. The maximum Gasteiger partial charge on any atom is 0.221 e. The minimum Gasteiger partial charge on any atom is -0.309 e. The third kappa shape index (κ3) is 3.27. The largest absolute Gasteiger partial charge is 0.309 e. The van der Waals surface area contributed by atoms with Crippen LogP contribution in [0.25, 0.3) is 93.6 Å². The Morgan fingerprint density at radius 2 is 1.00 bits per heavy atom. The first-order chi connectivity index (χ1) is 23.3. The van der Waals surface area contributed by atoms with Crippen molar-refractivity contribution >= 4 is 82.0 Å². The standard InChI is InChI=1S/C42H25N5/c1-2-12-28-26(11-1)21-23-31-29-13-4-8-18-36(29)45(40(28)31)27-22-24-38-33(25-27)30-14-5-9-19-37(30)46(38)42-44-34-16-6-3-15-32(34)41-43-35-17-7-10-20-39(35)47(41)42/h1-25H. The van der Waals surface area contributed by atoms with Crippen molar-refractivity contribution in [3.8, 4) is 11.6 Å². The zero-order valence-electron chi connectivity index (χ0n) is 25.2. The summed E-state index contributed by atoms with van der Waals surface area (Å²) in [7, 11) is 0. The molecule has 0 aliphatic heterocycles. The van der Waals surface area contributed by atoms with Crippen LogP contribution in [-0.2, 0) is 0 Å². The molecule has 5 nitrogen and oxygen atoms in total. The van der Waals surface area contributed by atoms with Crippen LogP contribution < -0.4 is 0 Å². The number of hydrogen-bond donors (Lipinski definition) is 0. The molecule has 0 saturated heterocycles. The molecule has 4 heterocycles. The maximum absolute atomic E-state index is 5.34. The second kappa shape index (κ2) is 9.05. The number of imidazole rings is 1. The van der Waals surface area contributed by atoms with Gasteiger partial charge in [0, 0.05) is 38.0 Å². The molecule has 7 aromatic carbocycles. The van der Waals surface area contributed by atoms with Crippen LogP contribution in [0.2, 0.25) is 0 Å². The van der Waals surface area contributed by atoms with Gasteiger partial charge in [0.25, 0.3) is 0 Å². The molecule has 218 valence electrons. The third-order valence-electron chi connectivity index (χ3n) is 9.80. The number of fused-ring (bicyclic) bond motifs is 13. The number of benzene rings is 7. The van der Waals surface area contributed by atoms with Gasteiger partial charge in [-0.2, -0.15) is 0 Å². The number of nitrogens with zero attached hydrogens (tertiary/aromatic N) is 5. The Morgan fingerprint density at radius 1 is 0.383 bits per heavy atom. The van der Waals surface area contributed by atoms with E-state index in [2.05, 4.69) is 153 Å². The van der Waals surface area contributed by atoms with Gasteiger partial charge in [0.15, 0.2) is 0 Å². The van der Waals surface area contributed by atoms with Crippen LogP contribution in [-0.4, -0.2) is 23.5 Å². The average Bonchev–Trinajstić information content (AvgIpc) is 3.79. The number of para-hydroxylation sites is 5. The van der Waals surface area contributed by atoms with Crippen LogP contribution in [0.4, 0.5) is 0 Å².